The lowest BCUT2D eigenvalue weighted by Gasteiger charge is -2.04. The second-order valence-electron chi connectivity index (χ2n) is 4.48. The second kappa shape index (κ2) is 4.75. The molecule has 3 aromatic rings. The highest BCUT2D eigenvalue weighted by Crippen LogP contribution is 2.35. The molecule has 0 radical (unpaired) electrons. The van der Waals surface area contributed by atoms with Crippen LogP contribution >= 0.6 is 27.5 Å². The van der Waals surface area contributed by atoms with Crippen molar-refractivity contribution in [3.8, 4) is 11.3 Å². The van der Waals surface area contributed by atoms with Crippen molar-refractivity contribution in [1.82, 2.24) is 9.38 Å². The average Bonchev–Trinajstić information content (AvgIpc) is 2.68. The number of pyridine rings is 1. The Morgan fingerprint density at radius 1 is 1.40 bits per heavy atom. The Kier molecular flexibility index (Phi) is 3.18. The zero-order chi connectivity index (χ0) is 14.4. The Labute approximate surface area is 128 Å². The van der Waals surface area contributed by atoms with Crippen LogP contribution in [0.1, 0.15) is 5.56 Å². The van der Waals surface area contributed by atoms with Gasteiger partial charge in [-0.1, -0.05) is 17.7 Å². The zero-order valence-corrected chi connectivity index (χ0v) is 12.8. The first kappa shape index (κ1) is 13.4. The summed E-state index contributed by atoms with van der Waals surface area (Å²) in [5.41, 5.74) is 8.30. The highest BCUT2D eigenvalue weighted by Gasteiger charge is 2.18. The number of benzene rings is 1. The molecule has 0 aliphatic heterocycles. The zero-order valence-electron chi connectivity index (χ0n) is 10.5. The molecule has 3 rings (SSSR count). The van der Waals surface area contributed by atoms with Crippen LogP contribution in [0, 0.1) is 12.7 Å². The fourth-order valence-electron chi connectivity index (χ4n) is 2.19. The van der Waals surface area contributed by atoms with E-state index in [1.807, 2.05) is 13.0 Å². The molecule has 3 nitrogen and oxygen atoms in total. The van der Waals surface area contributed by atoms with Crippen LogP contribution in [0.25, 0.3) is 16.9 Å². The van der Waals surface area contributed by atoms with Gasteiger partial charge in [0.05, 0.1) is 10.6 Å². The van der Waals surface area contributed by atoms with Gasteiger partial charge in [-0.3, -0.25) is 4.40 Å². The van der Waals surface area contributed by atoms with E-state index in [1.165, 1.54) is 6.07 Å². The number of aryl methyl sites for hydroxylation is 1. The van der Waals surface area contributed by atoms with Crippen molar-refractivity contribution in [3.05, 3.63) is 51.3 Å². The van der Waals surface area contributed by atoms with E-state index in [0.29, 0.717) is 17.2 Å². The van der Waals surface area contributed by atoms with Crippen LogP contribution < -0.4 is 5.73 Å². The second-order valence-corrected chi connectivity index (χ2v) is 5.80. The van der Waals surface area contributed by atoms with Crippen LogP contribution in [0.4, 0.5) is 10.2 Å². The summed E-state index contributed by atoms with van der Waals surface area (Å²) in [6.07, 6.45) is 1.79. The van der Waals surface area contributed by atoms with E-state index < -0.39 is 5.82 Å². The van der Waals surface area contributed by atoms with Crippen LogP contribution in [0.2, 0.25) is 5.02 Å². The molecule has 2 aromatic heterocycles. The van der Waals surface area contributed by atoms with Crippen molar-refractivity contribution < 1.29 is 4.39 Å². The lowest BCUT2D eigenvalue weighted by Crippen LogP contribution is -1.96. The van der Waals surface area contributed by atoms with Gasteiger partial charge >= 0.3 is 0 Å². The third kappa shape index (κ3) is 1.98. The van der Waals surface area contributed by atoms with Gasteiger partial charge in [0.25, 0.3) is 0 Å². The first-order valence-corrected chi connectivity index (χ1v) is 7.04. The van der Waals surface area contributed by atoms with Gasteiger partial charge in [0.1, 0.15) is 23.0 Å². The lowest BCUT2D eigenvalue weighted by atomic mass is 10.1. The van der Waals surface area contributed by atoms with E-state index >= 15 is 0 Å². The van der Waals surface area contributed by atoms with Gasteiger partial charge in [0.15, 0.2) is 0 Å². The quantitative estimate of drug-likeness (QED) is 0.702. The van der Waals surface area contributed by atoms with Crippen LogP contribution in [0.15, 0.2) is 34.9 Å². The maximum Gasteiger partial charge on any atom is 0.142 e. The van der Waals surface area contributed by atoms with Crippen molar-refractivity contribution in [2.75, 3.05) is 5.73 Å². The highest BCUT2D eigenvalue weighted by atomic mass is 79.9. The Balaban J connectivity index is 2.39. The predicted molar refractivity (Wildman–Crippen MR) is 82.4 cm³/mol. The summed E-state index contributed by atoms with van der Waals surface area (Å²) < 4.78 is 16.6. The molecule has 0 spiro atoms. The number of imidazole rings is 1. The number of nitrogens with zero attached hydrogens (tertiary/aromatic N) is 2. The molecular formula is C14H10BrClFN3. The molecular weight excluding hydrogens is 345 g/mol. The summed E-state index contributed by atoms with van der Waals surface area (Å²) in [6.45, 7) is 1.92. The molecule has 0 aliphatic rings. The minimum absolute atomic E-state index is 0.228. The molecule has 6 heteroatoms. The minimum Gasteiger partial charge on any atom is -0.383 e. The molecule has 0 fully saturated rings. The summed E-state index contributed by atoms with van der Waals surface area (Å²) in [7, 11) is 0. The largest absolute Gasteiger partial charge is 0.383 e. The van der Waals surface area contributed by atoms with Gasteiger partial charge in [-0.25, -0.2) is 9.37 Å². The fraction of sp³-hybridized carbons (Fsp3) is 0.0714. The summed E-state index contributed by atoms with van der Waals surface area (Å²) in [5, 5.41) is 0.289. The number of hydrogen-bond donors (Lipinski definition) is 1. The summed E-state index contributed by atoms with van der Waals surface area (Å²) in [5.74, 6) is -0.0827. The molecule has 0 atom stereocenters. The van der Waals surface area contributed by atoms with Crippen LogP contribution in [0.3, 0.4) is 0 Å². The molecule has 0 aliphatic carbocycles. The number of anilines is 1. The third-order valence-electron chi connectivity index (χ3n) is 3.11. The van der Waals surface area contributed by atoms with E-state index in [-0.39, 0.29) is 10.6 Å². The van der Waals surface area contributed by atoms with E-state index in [0.717, 1.165) is 10.0 Å². The maximum absolute atomic E-state index is 14.0. The average molecular weight is 355 g/mol. The van der Waals surface area contributed by atoms with E-state index in [9.17, 15) is 4.39 Å². The normalized spacial score (nSPS) is 11.2. The lowest BCUT2D eigenvalue weighted by molar-refractivity contribution is 0.631. The van der Waals surface area contributed by atoms with Gasteiger partial charge in [0, 0.05) is 10.7 Å². The number of nitrogens with two attached hydrogens (primary N) is 1. The van der Waals surface area contributed by atoms with E-state index in [2.05, 4.69) is 20.9 Å². The standard InChI is InChI=1S/C14H10BrClFN3/c1-7-5-8(15)6-20-13(18)12(19-14(7)20)11-9(16)3-2-4-10(11)17/h2-6H,18H2,1H3. The van der Waals surface area contributed by atoms with Crippen LogP contribution in [-0.4, -0.2) is 9.38 Å². The van der Waals surface area contributed by atoms with Gasteiger partial charge in [-0.15, -0.1) is 0 Å². The minimum atomic E-state index is -0.440. The molecule has 0 unspecified atom stereocenters. The van der Waals surface area contributed by atoms with Crippen LogP contribution in [-0.2, 0) is 0 Å². The van der Waals surface area contributed by atoms with E-state index in [4.69, 9.17) is 17.3 Å². The van der Waals surface area contributed by atoms with Crippen molar-refractivity contribution in [2.24, 2.45) is 0 Å². The van der Waals surface area contributed by atoms with Crippen LogP contribution in [0.5, 0.6) is 0 Å². The predicted octanol–water partition coefficient (Wildman–Crippen LogP) is 4.45. The topological polar surface area (TPSA) is 43.3 Å². The first-order valence-electron chi connectivity index (χ1n) is 5.87. The van der Waals surface area contributed by atoms with E-state index in [1.54, 1.807) is 22.7 Å². The Morgan fingerprint density at radius 2 is 2.15 bits per heavy atom. The van der Waals surface area contributed by atoms with Gasteiger partial charge < -0.3 is 5.73 Å². The maximum atomic E-state index is 14.0. The molecule has 2 heterocycles. The van der Waals surface area contributed by atoms with Gasteiger partial charge in [-0.05, 0) is 46.6 Å². The summed E-state index contributed by atoms with van der Waals surface area (Å²) >= 11 is 9.49. The molecule has 0 saturated carbocycles. The summed E-state index contributed by atoms with van der Waals surface area (Å²) in [4.78, 5) is 4.44. The number of halogens is 3. The van der Waals surface area contributed by atoms with Gasteiger partial charge in [0.2, 0.25) is 0 Å². The molecule has 2 N–H and O–H groups in total. The smallest absolute Gasteiger partial charge is 0.142 e. The number of rotatable bonds is 1. The van der Waals surface area contributed by atoms with Gasteiger partial charge in [-0.2, -0.15) is 0 Å². The summed E-state index contributed by atoms with van der Waals surface area (Å²) in [6, 6.07) is 6.43. The molecule has 102 valence electrons. The fourth-order valence-corrected chi connectivity index (χ4v) is 2.99. The Hall–Kier alpha value is -1.59. The monoisotopic (exact) mass is 353 g/mol. The first-order chi connectivity index (χ1) is 9.49. The number of aromatic nitrogens is 2. The number of fused-ring (bicyclic) bond motifs is 1. The molecule has 1 aromatic carbocycles. The van der Waals surface area contributed by atoms with Crippen molar-refractivity contribution in [3.63, 3.8) is 0 Å². The highest BCUT2D eigenvalue weighted by molar-refractivity contribution is 9.10. The molecule has 0 saturated heterocycles. The Morgan fingerprint density at radius 3 is 2.85 bits per heavy atom. The number of hydrogen-bond acceptors (Lipinski definition) is 2. The third-order valence-corrected chi connectivity index (χ3v) is 3.86. The molecule has 20 heavy (non-hydrogen) atoms. The van der Waals surface area contributed by atoms with Crippen molar-refractivity contribution in [2.45, 2.75) is 6.92 Å². The van der Waals surface area contributed by atoms with Crippen molar-refractivity contribution in [1.29, 1.82) is 0 Å². The number of nitrogen functional groups attached to an aromatic ring is 1. The van der Waals surface area contributed by atoms with Crippen molar-refractivity contribution >= 4 is 39.0 Å². The SMILES string of the molecule is Cc1cc(Br)cn2c(N)c(-c3c(F)cccc3Cl)nc12. The molecule has 0 amide bonds. The molecule has 0 bridgehead atoms. The Bertz CT molecular complexity index is 809.